The Morgan fingerprint density at radius 2 is 1.57 bits per heavy atom. The smallest absolute Gasteiger partial charge is 0.310 e. The first-order valence-corrected chi connectivity index (χ1v) is 9.11. The molecule has 0 unspecified atom stereocenters. The largest absolute Gasteiger partial charge is 0.495 e. The second-order valence-electron chi connectivity index (χ2n) is 6.17. The predicted molar refractivity (Wildman–Crippen MR) is 109 cm³/mol. The lowest BCUT2D eigenvalue weighted by Crippen LogP contribution is -2.15. The highest BCUT2D eigenvalue weighted by Crippen LogP contribution is 2.25. The third-order valence-corrected chi connectivity index (χ3v) is 4.54. The Bertz CT molecular complexity index is 966. The molecule has 3 aromatic rings. The van der Waals surface area contributed by atoms with Crippen LogP contribution in [0.1, 0.15) is 15.9 Å². The summed E-state index contributed by atoms with van der Waals surface area (Å²) < 4.78 is 10.2. The molecule has 0 aliphatic carbocycles. The summed E-state index contributed by atoms with van der Waals surface area (Å²) in [4.78, 5) is 24.2. The fourth-order valence-corrected chi connectivity index (χ4v) is 2.99. The molecule has 142 valence electrons. The van der Waals surface area contributed by atoms with Crippen molar-refractivity contribution in [2.75, 3.05) is 13.7 Å². The molecule has 0 spiro atoms. The van der Waals surface area contributed by atoms with Crippen molar-refractivity contribution >= 4 is 23.4 Å². The zero-order valence-electron chi connectivity index (χ0n) is 15.4. The van der Waals surface area contributed by atoms with Gasteiger partial charge in [-0.3, -0.25) is 9.59 Å². The molecule has 0 saturated carbocycles. The summed E-state index contributed by atoms with van der Waals surface area (Å²) in [7, 11) is 1.50. The number of esters is 1. The van der Waals surface area contributed by atoms with Crippen LogP contribution in [0.4, 0.5) is 0 Å². The Hall–Kier alpha value is -3.11. The minimum atomic E-state index is -0.458. The normalized spacial score (nSPS) is 10.4. The fraction of sp³-hybridized carbons (Fsp3) is 0.130. The van der Waals surface area contributed by atoms with Gasteiger partial charge in [0, 0.05) is 5.56 Å². The molecule has 3 rings (SSSR count). The van der Waals surface area contributed by atoms with E-state index < -0.39 is 5.97 Å². The van der Waals surface area contributed by atoms with Crippen LogP contribution in [-0.2, 0) is 16.0 Å². The van der Waals surface area contributed by atoms with Gasteiger partial charge >= 0.3 is 5.97 Å². The van der Waals surface area contributed by atoms with E-state index in [0.717, 1.165) is 16.7 Å². The Balaban J connectivity index is 1.54. The van der Waals surface area contributed by atoms with Gasteiger partial charge in [-0.05, 0) is 34.9 Å². The van der Waals surface area contributed by atoms with Crippen LogP contribution in [0.25, 0.3) is 11.1 Å². The third-order valence-electron chi connectivity index (χ3n) is 4.25. The number of ether oxygens (including phenoxy) is 2. The summed E-state index contributed by atoms with van der Waals surface area (Å²) in [6.07, 6.45) is 0.103. The number of carbonyl (C=O) groups is 2. The average Bonchev–Trinajstić information content (AvgIpc) is 2.73. The number of carbonyl (C=O) groups excluding carboxylic acids is 2. The quantitative estimate of drug-likeness (QED) is 0.418. The van der Waals surface area contributed by atoms with Crippen molar-refractivity contribution in [2.24, 2.45) is 0 Å². The van der Waals surface area contributed by atoms with Gasteiger partial charge in [0.15, 0.2) is 12.4 Å². The molecule has 0 saturated heterocycles. The van der Waals surface area contributed by atoms with Gasteiger partial charge in [0.05, 0.1) is 18.6 Å². The van der Waals surface area contributed by atoms with Crippen molar-refractivity contribution in [3.8, 4) is 16.9 Å². The van der Waals surface area contributed by atoms with E-state index in [1.54, 1.807) is 12.1 Å². The van der Waals surface area contributed by atoms with Gasteiger partial charge in [0.2, 0.25) is 0 Å². The van der Waals surface area contributed by atoms with Crippen LogP contribution >= 0.6 is 11.6 Å². The number of rotatable bonds is 7. The Morgan fingerprint density at radius 1 is 0.893 bits per heavy atom. The predicted octanol–water partition coefficient (Wildman–Crippen LogP) is 4.98. The van der Waals surface area contributed by atoms with Crippen molar-refractivity contribution in [2.45, 2.75) is 6.42 Å². The molecule has 0 N–H and O–H groups in total. The Kier molecular flexibility index (Phi) is 6.45. The second-order valence-corrected chi connectivity index (χ2v) is 6.58. The number of hydrogen-bond donors (Lipinski definition) is 0. The zero-order valence-corrected chi connectivity index (χ0v) is 16.1. The molecule has 5 heteroatoms. The monoisotopic (exact) mass is 394 g/mol. The lowest BCUT2D eigenvalue weighted by Gasteiger charge is -2.07. The Labute approximate surface area is 168 Å². The van der Waals surface area contributed by atoms with E-state index in [9.17, 15) is 9.59 Å². The summed E-state index contributed by atoms with van der Waals surface area (Å²) in [6.45, 7) is -0.330. The van der Waals surface area contributed by atoms with E-state index in [0.29, 0.717) is 16.3 Å². The summed E-state index contributed by atoms with van der Waals surface area (Å²) in [5, 5.41) is 0.332. The molecule has 0 atom stereocenters. The van der Waals surface area contributed by atoms with E-state index in [1.807, 2.05) is 54.6 Å². The summed E-state index contributed by atoms with van der Waals surface area (Å²) in [5.74, 6) is -0.299. The van der Waals surface area contributed by atoms with Gasteiger partial charge in [-0.25, -0.2) is 0 Å². The fourth-order valence-electron chi connectivity index (χ4n) is 2.73. The highest BCUT2D eigenvalue weighted by atomic mass is 35.5. The molecule has 0 aromatic heterocycles. The minimum absolute atomic E-state index is 0.103. The van der Waals surface area contributed by atoms with Crippen LogP contribution in [0.3, 0.4) is 0 Å². The molecule has 3 aromatic carbocycles. The topological polar surface area (TPSA) is 52.6 Å². The van der Waals surface area contributed by atoms with Gasteiger partial charge in [-0.15, -0.1) is 0 Å². The maximum atomic E-state index is 12.2. The maximum absolute atomic E-state index is 12.2. The molecule has 0 heterocycles. The van der Waals surface area contributed by atoms with Gasteiger partial charge in [-0.1, -0.05) is 66.2 Å². The van der Waals surface area contributed by atoms with Crippen LogP contribution < -0.4 is 4.74 Å². The number of methoxy groups -OCH3 is 1. The summed E-state index contributed by atoms with van der Waals surface area (Å²) in [5.41, 5.74) is 3.38. The highest BCUT2D eigenvalue weighted by molar-refractivity contribution is 6.32. The van der Waals surface area contributed by atoms with Gasteiger partial charge in [0.25, 0.3) is 0 Å². The molecule has 4 nitrogen and oxygen atoms in total. The highest BCUT2D eigenvalue weighted by Gasteiger charge is 2.13. The van der Waals surface area contributed by atoms with Crippen LogP contribution in [0.15, 0.2) is 72.8 Å². The van der Waals surface area contributed by atoms with Crippen molar-refractivity contribution in [1.82, 2.24) is 0 Å². The molecular formula is C23H19ClO4. The van der Waals surface area contributed by atoms with Gasteiger partial charge in [-0.2, -0.15) is 0 Å². The van der Waals surface area contributed by atoms with Crippen molar-refractivity contribution in [3.63, 3.8) is 0 Å². The van der Waals surface area contributed by atoms with E-state index in [-0.39, 0.29) is 18.8 Å². The molecule has 0 radical (unpaired) electrons. The van der Waals surface area contributed by atoms with Crippen LogP contribution in [0.5, 0.6) is 5.75 Å². The number of hydrogen-bond acceptors (Lipinski definition) is 4. The third kappa shape index (κ3) is 4.99. The van der Waals surface area contributed by atoms with Crippen LogP contribution in [-0.4, -0.2) is 25.5 Å². The first-order valence-electron chi connectivity index (χ1n) is 8.73. The molecular weight excluding hydrogens is 376 g/mol. The van der Waals surface area contributed by atoms with E-state index in [1.165, 1.54) is 13.2 Å². The molecule has 0 aliphatic heterocycles. The molecule has 0 fully saturated rings. The van der Waals surface area contributed by atoms with E-state index in [2.05, 4.69) is 0 Å². The molecule has 0 amide bonds. The second kappa shape index (κ2) is 9.20. The van der Waals surface area contributed by atoms with Crippen LogP contribution in [0.2, 0.25) is 5.02 Å². The van der Waals surface area contributed by atoms with E-state index in [4.69, 9.17) is 21.1 Å². The standard InChI is InChI=1S/C23H19ClO4/c1-27-22-12-11-19(14-20(22)24)21(25)15-28-23(26)13-16-7-9-18(10-8-16)17-5-3-2-4-6-17/h2-12,14H,13,15H2,1H3. The first kappa shape index (κ1) is 19.6. The Morgan fingerprint density at radius 3 is 2.21 bits per heavy atom. The average molecular weight is 395 g/mol. The number of Topliss-reactive ketones (excluding diaryl/α,β-unsaturated/α-hetero) is 1. The van der Waals surface area contributed by atoms with Gasteiger partial charge in [0.1, 0.15) is 5.75 Å². The lowest BCUT2D eigenvalue weighted by atomic mass is 10.0. The zero-order chi connectivity index (χ0) is 19.9. The van der Waals surface area contributed by atoms with Crippen molar-refractivity contribution < 1.29 is 19.1 Å². The van der Waals surface area contributed by atoms with Crippen molar-refractivity contribution in [3.05, 3.63) is 88.9 Å². The molecule has 28 heavy (non-hydrogen) atoms. The SMILES string of the molecule is COc1ccc(C(=O)COC(=O)Cc2ccc(-c3ccccc3)cc2)cc1Cl. The first-order chi connectivity index (χ1) is 13.6. The van der Waals surface area contributed by atoms with Gasteiger partial charge < -0.3 is 9.47 Å². The molecule has 0 bridgehead atoms. The lowest BCUT2D eigenvalue weighted by molar-refractivity contribution is -0.141. The molecule has 0 aliphatic rings. The summed E-state index contributed by atoms with van der Waals surface area (Å²) in [6, 6.07) is 22.4. The summed E-state index contributed by atoms with van der Waals surface area (Å²) >= 11 is 6.02. The number of ketones is 1. The van der Waals surface area contributed by atoms with E-state index >= 15 is 0 Å². The maximum Gasteiger partial charge on any atom is 0.310 e. The minimum Gasteiger partial charge on any atom is -0.495 e. The van der Waals surface area contributed by atoms with Crippen molar-refractivity contribution in [1.29, 1.82) is 0 Å². The van der Waals surface area contributed by atoms with Crippen LogP contribution in [0, 0.1) is 0 Å². The number of halogens is 1. The number of benzene rings is 3.